The first-order valence-corrected chi connectivity index (χ1v) is 20.6. The Bertz CT molecular complexity index is 1400. The number of pyridine rings is 2. The summed E-state index contributed by atoms with van der Waals surface area (Å²) in [5.41, 5.74) is 0.921. The second-order valence-corrected chi connectivity index (χ2v) is 22.9. The number of rotatable bonds is 11. The van der Waals surface area contributed by atoms with E-state index in [0.717, 1.165) is 55.4 Å². The monoisotopic (exact) mass is 600 g/mol. The van der Waals surface area contributed by atoms with Crippen LogP contribution in [-0.2, 0) is 0 Å². The van der Waals surface area contributed by atoms with Crippen molar-refractivity contribution in [1.82, 2.24) is 9.97 Å². The summed E-state index contributed by atoms with van der Waals surface area (Å²) >= 11 is -3.19. The third-order valence-electron chi connectivity index (χ3n) is 7.28. The van der Waals surface area contributed by atoms with Crippen LogP contribution in [-0.4, -0.2) is 28.3 Å². The molecule has 0 aliphatic heterocycles. The van der Waals surface area contributed by atoms with Crippen molar-refractivity contribution in [2.24, 2.45) is 0 Å². The van der Waals surface area contributed by atoms with E-state index in [1.165, 1.54) is 6.20 Å². The number of hydrogen-bond donors (Lipinski definition) is 0. The number of unbranched alkanes of at least 4 members (excludes halogenated alkanes) is 3. The maximum absolute atomic E-state index is 15.7. The molecule has 0 amide bonds. The molecule has 4 rings (SSSR count). The minimum atomic E-state index is -3.19. The van der Waals surface area contributed by atoms with Crippen LogP contribution in [0, 0.1) is 11.9 Å². The van der Waals surface area contributed by atoms with E-state index in [-0.39, 0.29) is 11.1 Å². The van der Waals surface area contributed by atoms with E-state index >= 15 is 4.39 Å². The molecular weight excluding hydrogens is 565 g/mol. The third-order valence-corrected chi connectivity index (χ3v) is 22.8. The molecule has 36 heavy (non-hydrogen) atoms. The van der Waals surface area contributed by atoms with Gasteiger partial charge in [0.1, 0.15) is 0 Å². The van der Waals surface area contributed by atoms with E-state index in [2.05, 4.69) is 30.7 Å². The van der Waals surface area contributed by atoms with Crippen molar-refractivity contribution >= 4 is 44.0 Å². The van der Waals surface area contributed by atoms with Crippen LogP contribution >= 0.6 is 0 Å². The van der Waals surface area contributed by atoms with Gasteiger partial charge in [-0.3, -0.25) is 0 Å². The first kappa shape index (κ1) is 26.7. The van der Waals surface area contributed by atoms with Gasteiger partial charge in [-0.15, -0.1) is 0 Å². The number of fused-ring (bicyclic) bond motifs is 2. The molecule has 0 spiro atoms. The van der Waals surface area contributed by atoms with Gasteiger partial charge in [-0.05, 0) is 0 Å². The minimum absolute atomic E-state index is 0.0238. The van der Waals surface area contributed by atoms with Gasteiger partial charge in [-0.2, -0.15) is 0 Å². The SMILES string of the molecule is CCC[CH2][Sn]([CH2]CCC)([CH2]CCC)[c]1cc2c(=O)c3cc(-c4cccnc4F)ccc3oc2nc1F. The summed E-state index contributed by atoms with van der Waals surface area (Å²) in [6.07, 6.45) is 7.82. The van der Waals surface area contributed by atoms with Crippen LogP contribution in [0.1, 0.15) is 59.3 Å². The number of nitrogens with zero attached hydrogens (tertiary/aromatic N) is 2. The van der Waals surface area contributed by atoms with Gasteiger partial charge in [-0.25, -0.2) is 0 Å². The molecule has 0 radical (unpaired) electrons. The van der Waals surface area contributed by atoms with Gasteiger partial charge >= 0.3 is 216 Å². The zero-order valence-corrected chi connectivity index (χ0v) is 24.2. The van der Waals surface area contributed by atoms with Gasteiger partial charge in [0.05, 0.1) is 0 Å². The van der Waals surface area contributed by atoms with Gasteiger partial charge in [0.25, 0.3) is 0 Å². The summed E-state index contributed by atoms with van der Waals surface area (Å²) in [4.78, 5) is 21.6. The molecule has 0 saturated heterocycles. The average molecular weight is 599 g/mol. The van der Waals surface area contributed by atoms with Crippen molar-refractivity contribution in [2.45, 2.75) is 72.6 Å². The van der Waals surface area contributed by atoms with E-state index < -0.39 is 30.3 Å². The topological polar surface area (TPSA) is 56.0 Å². The van der Waals surface area contributed by atoms with Crippen LogP contribution in [0.3, 0.4) is 0 Å². The Morgan fingerprint density at radius 2 is 1.53 bits per heavy atom. The van der Waals surface area contributed by atoms with Gasteiger partial charge in [0, 0.05) is 0 Å². The predicted octanol–water partition coefficient (Wildman–Crippen LogP) is 7.74. The van der Waals surface area contributed by atoms with Gasteiger partial charge in [0.15, 0.2) is 0 Å². The van der Waals surface area contributed by atoms with Crippen LogP contribution in [0.5, 0.6) is 0 Å². The molecule has 3 heterocycles. The third kappa shape index (κ3) is 5.34. The summed E-state index contributed by atoms with van der Waals surface area (Å²) in [6.45, 7) is 6.53. The second-order valence-electron chi connectivity index (χ2n) is 9.75. The molecule has 0 aliphatic carbocycles. The zero-order chi connectivity index (χ0) is 25.7. The Morgan fingerprint density at radius 3 is 2.14 bits per heavy atom. The average Bonchev–Trinajstić information content (AvgIpc) is 2.89. The molecule has 1 aromatic carbocycles. The molecule has 4 nitrogen and oxygen atoms in total. The predicted molar refractivity (Wildman–Crippen MR) is 145 cm³/mol. The van der Waals surface area contributed by atoms with Crippen molar-refractivity contribution in [3.63, 3.8) is 0 Å². The first-order valence-electron chi connectivity index (χ1n) is 13.1. The van der Waals surface area contributed by atoms with Gasteiger partial charge in [-0.1, -0.05) is 0 Å². The molecule has 0 unspecified atom stereocenters. The van der Waals surface area contributed by atoms with Crippen molar-refractivity contribution in [3.05, 3.63) is 64.7 Å². The van der Waals surface area contributed by atoms with Crippen LogP contribution in [0.4, 0.5) is 8.78 Å². The number of aromatic nitrogens is 2. The molecule has 0 saturated carbocycles. The molecule has 0 aliphatic rings. The first-order chi connectivity index (χ1) is 17.4. The van der Waals surface area contributed by atoms with E-state index in [4.69, 9.17) is 4.42 Å². The van der Waals surface area contributed by atoms with Crippen LogP contribution in [0.15, 0.2) is 51.8 Å². The molecule has 0 atom stereocenters. The van der Waals surface area contributed by atoms with Crippen molar-refractivity contribution in [2.75, 3.05) is 0 Å². The molecule has 3 aromatic heterocycles. The Hall–Kier alpha value is -2.35. The summed E-state index contributed by atoms with van der Waals surface area (Å²) in [6, 6.07) is 9.96. The fourth-order valence-corrected chi connectivity index (χ4v) is 21.2. The van der Waals surface area contributed by atoms with Crippen LogP contribution in [0.2, 0.25) is 13.3 Å². The van der Waals surface area contributed by atoms with E-state index in [1.807, 2.05) is 0 Å². The van der Waals surface area contributed by atoms with Crippen molar-refractivity contribution in [1.29, 1.82) is 0 Å². The summed E-state index contributed by atoms with van der Waals surface area (Å²) < 4.78 is 39.8. The molecule has 4 aromatic rings. The Labute approximate surface area is 215 Å². The fourth-order valence-electron chi connectivity index (χ4n) is 5.23. The van der Waals surface area contributed by atoms with Crippen molar-refractivity contribution < 1.29 is 13.2 Å². The Balaban J connectivity index is 1.92. The molecule has 0 N–H and O–H groups in total. The number of benzene rings is 1. The van der Waals surface area contributed by atoms with E-state index in [9.17, 15) is 9.18 Å². The number of hydrogen-bond acceptors (Lipinski definition) is 4. The number of halogens is 2. The maximum atomic E-state index is 15.7. The molecule has 190 valence electrons. The van der Waals surface area contributed by atoms with Crippen LogP contribution < -0.4 is 9.01 Å². The fraction of sp³-hybridized carbons (Fsp3) is 0.414. The molecule has 0 fully saturated rings. The standard InChI is InChI=1S/C17H7F2N2O2.3C4H9.Sn/c18-14-6-4-11-15(22)12-8-9(10-2-1-7-20-16(10)19)3-5-13(12)23-17(11)21-14;3*1-3-4-2;/h1-5,7-8H;3*1,3-4H2,2H3;. The second kappa shape index (κ2) is 11.8. The molecular formula is C29H34F2N2O2Sn. The Morgan fingerprint density at radius 1 is 0.861 bits per heavy atom. The molecule has 0 bridgehead atoms. The normalized spacial score (nSPS) is 12.0. The van der Waals surface area contributed by atoms with Crippen molar-refractivity contribution in [3.8, 4) is 11.1 Å². The molecule has 7 heteroatoms. The van der Waals surface area contributed by atoms with Gasteiger partial charge in [0.2, 0.25) is 0 Å². The summed E-state index contributed by atoms with van der Waals surface area (Å²) in [5.74, 6) is -1.06. The quantitative estimate of drug-likeness (QED) is 0.101. The van der Waals surface area contributed by atoms with E-state index in [1.54, 1.807) is 36.4 Å². The van der Waals surface area contributed by atoms with Gasteiger partial charge < -0.3 is 0 Å². The summed E-state index contributed by atoms with van der Waals surface area (Å²) in [5, 5.41) is 0.646. The van der Waals surface area contributed by atoms with Crippen LogP contribution in [0.25, 0.3) is 33.2 Å². The van der Waals surface area contributed by atoms with E-state index in [0.29, 0.717) is 27.5 Å². The Kier molecular flexibility index (Phi) is 8.75. The summed E-state index contributed by atoms with van der Waals surface area (Å²) in [7, 11) is 0. The zero-order valence-electron chi connectivity index (χ0n) is 21.4.